The molecule has 5 nitrogen and oxygen atoms in total. The zero-order valence-corrected chi connectivity index (χ0v) is 8.13. The van der Waals surface area contributed by atoms with Gasteiger partial charge in [0.2, 0.25) is 0 Å². The van der Waals surface area contributed by atoms with Crippen molar-refractivity contribution < 1.29 is 17.2 Å². The summed E-state index contributed by atoms with van der Waals surface area (Å²) in [6.45, 7) is -0.895. The molecule has 0 aliphatic heterocycles. The van der Waals surface area contributed by atoms with E-state index < -0.39 is 23.0 Å². The van der Waals surface area contributed by atoms with Crippen LogP contribution in [0, 0.1) is 0 Å². The van der Waals surface area contributed by atoms with E-state index >= 15 is 0 Å². The van der Waals surface area contributed by atoms with Gasteiger partial charge in [-0.25, -0.2) is 21.9 Å². The maximum Gasteiger partial charge on any atom is 0.257 e. The number of aryl methyl sites for hydroxylation is 1. The first-order chi connectivity index (χ1) is 6.43. The van der Waals surface area contributed by atoms with Crippen LogP contribution in [0.3, 0.4) is 0 Å². The van der Waals surface area contributed by atoms with Gasteiger partial charge in [-0.05, 0) is 6.07 Å². The molecule has 0 unspecified atom stereocenters. The number of hydrogen-bond acceptors (Lipinski definition) is 3. The van der Waals surface area contributed by atoms with Crippen LogP contribution in [0.5, 0.6) is 0 Å². The molecule has 1 aromatic heterocycles. The molecule has 0 aliphatic rings. The summed E-state index contributed by atoms with van der Waals surface area (Å²) in [7, 11) is -2.46. The Morgan fingerprint density at radius 2 is 2.29 bits per heavy atom. The van der Waals surface area contributed by atoms with E-state index in [-0.39, 0.29) is 5.03 Å². The van der Waals surface area contributed by atoms with Gasteiger partial charge in [-0.15, -0.1) is 0 Å². The molecule has 1 rings (SSSR count). The molecule has 0 bridgehead atoms. The first-order valence-corrected chi connectivity index (χ1v) is 5.17. The molecule has 8 heteroatoms. The first kappa shape index (κ1) is 11.1. The third kappa shape index (κ3) is 2.48. The van der Waals surface area contributed by atoms with Crippen LogP contribution in [0.1, 0.15) is 0 Å². The van der Waals surface area contributed by atoms with Gasteiger partial charge in [-0.1, -0.05) is 0 Å². The number of aromatic nitrogens is 2. The Morgan fingerprint density at radius 3 is 2.71 bits per heavy atom. The van der Waals surface area contributed by atoms with E-state index in [0.29, 0.717) is 0 Å². The van der Waals surface area contributed by atoms with Crippen LogP contribution < -0.4 is 4.72 Å². The molecule has 1 N–H and O–H groups in total. The van der Waals surface area contributed by atoms with Gasteiger partial charge in [0.05, 0.1) is 12.7 Å². The molecule has 0 fully saturated rings. The van der Waals surface area contributed by atoms with Crippen LogP contribution in [-0.4, -0.2) is 31.2 Å². The first-order valence-electron chi connectivity index (χ1n) is 3.69. The normalized spacial score (nSPS) is 12.3. The smallest absolute Gasteiger partial charge is 0.256 e. The third-order valence-electron chi connectivity index (χ3n) is 1.48. The van der Waals surface area contributed by atoms with Crippen LogP contribution >= 0.6 is 0 Å². The Kier molecular flexibility index (Phi) is 3.17. The van der Waals surface area contributed by atoms with Crippen molar-refractivity contribution in [3.05, 3.63) is 12.3 Å². The monoisotopic (exact) mass is 225 g/mol. The highest BCUT2D eigenvalue weighted by Crippen LogP contribution is 2.05. The topological polar surface area (TPSA) is 64.0 Å². The van der Waals surface area contributed by atoms with Gasteiger partial charge in [0.15, 0.2) is 5.03 Å². The highest BCUT2D eigenvalue weighted by atomic mass is 32.2. The lowest BCUT2D eigenvalue weighted by Crippen LogP contribution is -2.30. The van der Waals surface area contributed by atoms with Gasteiger partial charge in [-0.2, -0.15) is 5.10 Å². The van der Waals surface area contributed by atoms with E-state index in [1.165, 1.54) is 19.3 Å². The molecule has 1 aromatic rings. The van der Waals surface area contributed by atoms with Gasteiger partial charge in [-0.3, -0.25) is 4.68 Å². The van der Waals surface area contributed by atoms with Gasteiger partial charge >= 0.3 is 0 Å². The van der Waals surface area contributed by atoms with Crippen molar-refractivity contribution in [2.75, 3.05) is 6.54 Å². The van der Waals surface area contributed by atoms with Crippen molar-refractivity contribution in [1.29, 1.82) is 0 Å². The van der Waals surface area contributed by atoms with Gasteiger partial charge in [0.1, 0.15) is 0 Å². The summed E-state index contributed by atoms with van der Waals surface area (Å²) in [6.07, 6.45) is -1.44. The van der Waals surface area contributed by atoms with Gasteiger partial charge in [0.25, 0.3) is 16.4 Å². The zero-order chi connectivity index (χ0) is 10.8. The Balaban J connectivity index is 2.82. The van der Waals surface area contributed by atoms with Crippen molar-refractivity contribution >= 4 is 10.0 Å². The second-order valence-corrected chi connectivity index (χ2v) is 4.25. The number of nitrogens with zero attached hydrogens (tertiary/aromatic N) is 2. The van der Waals surface area contributed by atoms with Gasteiger partial charge < -0.3 is 0 Å². The number of halogens is 2. The van der Waals surface area contributed by atoms with E-state index in [0.717, 1.165) is 4.68 Å². The van der Waals surface area contributed by atoms with Crippen molar-refractivity contribution in [2.45, 2.75) is 11.5 Å². The summed E-state index contributed by atoms with van der Waals surface area (Å²) in [5.41, 5.74) is 0. The molecule has 1 heterocycles. The number of sulfonamides is 1. The van der Waals surface area contributed by atoms with E-state index in [9.17, 15) is 17.2 Å². The Morgan fingerprint density at radius 1 is 1.64 bits per heavy atom. The average Bonchev–Trinajstić information content (AvgIpc) is 2.48. The summed E-state index contributed by atoms with van der Waals surface area (Å²) in [4.78, 5) is 0. The minimum Gasteiger partial charge on any atom is -0.256 e. The summed E-state index contributed by atoms with van der Waals surface area (Å²) in [6, 6.07) is 1.23. The predicted octanol–water partition coefficient (Wildman–Crippen LogP) is -0.0365. The maximum absolute atomic E-state index is 11.8. The highest BCUT2D eigenvalue weighted by molar-refractivity contribution is 7.89. The quantitative estimate of drug-likeness (QED) is 0.782. The molecule has 0 amide bonds. The molecule has 0 aliphatic carbocycles. The molecule has 0 spiro atoms. The molecule has 0 aromatic carbocycles. The van der Waals surface area contributed by atoms with E-state index in [1.807, 2.05) is 0 Å². The fourth-order valence-corrected chi connectivity index (χ4v) is 2.00. The molecule has 0 atom stereocenters. The third-order valence-corrected chi connectivity index (χ3v) is 2.98. The lowest BCUT2D eigenvalue weighted by molar-refractivity contribution is 0.153. The van der Waals surface area contributed by atoms with Crippen LogP contribution in [0.2, 0.25) is 0 Å². The standard InChI is InChI=1S/C6H9F2N3O2S/c1-11-6(2-3-9-11)14(12,13)10-4-5(7)8/h2-3,5,10H,4H2,1H3. The van der Waals surface area contributed by atoms with E-state index in [4.69, 9.17) is 0 Å². The average molecular weight is 225 g/mol. The fraction of sp³-hybridized carbons (Fsp3) is 0.500. The fourth-order valence-electron chi connectivity index (χ4n) is 0.872. The van der Waals surface area contributed by atoms with Crippen molar-refractivity contribution in [1.82, 2.24) is 14.5 Å². The van der Waals surface area contributed by atoms with E-state index in [1.54, 1.807) is 4.72 Å². The lowest BCUT2D eigenvalue weighted by Gasteiger charge is -2.05. The van der Waals surface area contributed by atoms with Crippen LogP contribution in [0.4, 0.5) is 8.78 Å². The molecular formula is C6H9F2N3O2S. The molecule has 80 valence electrons. The Labute approximate surface area is 79.8 Å². The second-order valence-electron chi connectivity index (χ2n) is 2.54. The number of nitrogens with one attached hydrogen (secondary N) is 1. The highest BCUT2D eigenvalue weighted by Gasteiger charge is 2.18. The number of hydrogen-bond donors (Lipinski definition) is 1. The summed E-state index contributed by atoms with van der Waals surface area (Å²) in [5, 5.41) is 3.48. The summed E-state index contributed by atoms with van der Waals surface area (Å²) < 4.78 is 49.0. The molecular weight excluding hydrogens is 216 g/mol. The zero-order valence-electron chi connectivity index (χ0n) is 7.31. The minimum atomic E-state index is -3.87. The molecule has 0 saturated heterocycles. The molecule has 0 saturated carbocycles. The van der Waals surface area contributed by atoms with Gasteiger partial charge in [0, 0.05) is 7.05 Å². The lowest BCUT2D eigenvalue weighted by atomic mass is 10.7. The maximum atomic E-state index is 11.8. The van der Waals surface area contributed by atoms with Crippen LogP contribution in [0.25, 0.3) is 0 Å². The Bertz CT molecular complexity index is 401. The van der Waals surface area contributed by atoms with Crippen LogP contribution in [0.15, 0.2) is 17.3 Å². The number of rotatable bonds is 4. The van der Waals surface area contributed by atoms with Crippen LogP contribution in [-0.2, 0) is 17.1 Å². The van der Waals surface area contributed by atoms with Crippen molar-refractivity contribution in [3.8, 4) is 0 Å². The SMILES string of the molecule is Cn1nccc1S(=O)(=O)NCC(F)F. The predicted molar refractivity (Wildman–Crippen MR) is 44.4 cm³/mol. The summed E-state index contributed by atoms with van der Waals surface area (Å²) in [5.74, 6) is 0. The summed E-state index contributed by atoms with van der Waals surface area (Å²) >= 11 is 0. The minimum absolute atomic E-state index is 0.141. The molecule has 0 radical (unpaired) electrons. The molecule has 14 heavy (non-hydrogen) atoms. The van der Waals surface area contributed by atoms with Crippen molar-refractivity contribution in [2.24, 2.45) is 7.05 Å². The van der Waals surface area contributed by atoms with Crippen molar-refractivity contribution in [3.63, 3.8) is 0 Å². The number of alkyl halides is 2. The Hall–Kier alpha value is -1.02. The second kappa shape index (κ2) is 4.01. The largest absolute Gasteiger partial charge is 0.257 e. The van der Waals surface area contributed by atoms with E-state index in [2.05, 4.69) is 5.10 Å².